The minimum Gasteiger partial charge on any atom is -0.325 e. The average molecular weight is 405 g/mol. The summed E-state index contributed by atoms with van der Waals surface area (Å²) in [6.45, 7) is 3.03. The number of carbonyl (C=O) groups excluding carboxylic acids is 1. The number of carbonyl (C=O) groups is 1. The van der Waals surface area contributed by atoms with Gasteiger partial charge in [-0.15, -0.1) is 11.8 Å². The molecule has 0 saturated carbocycles. The molecular weight excluding hydrogens is 380 g/mol. The van der Waals surface area contributed by atoms with Crippen LogP contribution in [0.5, 0.6) is 0 Å². The van der Waals surface area contributed by atoms with E-state index in [4.69, 9.17) is 0 Å². The van der Waals surface area contributed by atoms with Crippen LogP contribution in [0.15, 0.2) is 59.5 Å². The number of amides is 1. The molecule has 0 radical (unpaired) electrons. The molecule has 3 rings (SSSR count). The number of hydrogen-bond donors (Lipinski definition) is 1. The molecule has 0 unspecified atom stereocenters. The molecule has 0 bridgehead atoms. The second kappa shape index (κ2) is 8.91. The van der Waals surface area contributed by atoms with E-state index in [2.05, 4.69) is 5.32 Å². The highest BCUT2D eigenvalue weighted by Gasteiger charge is 2.27. The Morgan fingerprint density at radius 1 is 1.07 bits per heavy atom. The third-order valence-corrected chi connectivity index (χ3v) is 7.66. The molecule has 1 saturated heterocycles. The molecular formula is C20H24N2O3S2. The molecule has 0 aliphatic carbocycles. The van der Waals surface area contributed by atoms with Crippen LogP contribution in [0.1, 0.15) is 25.3 Å². The van der Waals surface area contributed by atoms with Crippen molar-refractivity contribution in [1.29, 1.82) is 0 Å². The molecule has 1 aliphatic heterocycles. The zero-order valence-corrected chi connectivity index (χ0v) is 16.9. The standard InChI is InChI=1S/C20H24N2O3S2/c1-16(26-15-17-7-3-2-4-8-17)20(23)21-18-9-11-19(12-10-18)27(24,25)22-13-5-6-14-22/h2-4,7-12,16H,5-6,13-15H2,1H3,(H,21,23)/t16-/m1/s1. The SMILES string of the molecule is C[C@@H](SCc1ccccc1)C(=O)Nc1ccc(S(=O)(=O)N2CCCC2)cc1. The van der Waals surface area contributed by atoms with Crippen molar-refractivity contribution in [2.45, 2.75) is 35.7 Å². The van der Waals surface area contributed by atoms with Crippen molar-refractivity contribution in [3.63, 3.8) is 0 Å². The van der Waals surface area contributed by atoms with Gasteiger partial charge < -0.3 is 5.32 Å². The number of nitrogens with zero attached hydrogens (tertiary/aromatic N) is 1. The van der Waals surface area contributed by atoms with Crippen LogP contribution in [0, 0.1) is 0 Å². The fourth-order valence-corrected chi connectivity index (χ4v) is 5.27. The molecule has 2 aromatic carbocycles. The summed E-state index contributed by atoms with van der Waals surface area (Å²) < 4.78 is 26.6. The second-order valence-electron chi connectivity index (χ2n) is 6.56. The molecule has 7 heteroatoms. The predicted octanol–water partition coefficient (Wildman–Crippen LogP) is 3.73. The lowest BCUT2D eigenvalue weighted by atomic mass is 10.2. The van der Waals surface area contributed by atoms with Gasteiger partial charge in [-0.3, -0.25) is 4.79 Å². The molecule has 5 nitrogen and oxygen atoms in total. The lowest BCUT2D eigenvalue weighted by Crippen LogP contribution is -2.27. The van der Waals surface area contributed by atoms with E-state index in [0.29, 0.717) is 18.8 Å². The maximum atomic E-state index is 12.5. The summed E-state index contributed by atoms with van der Waals surface area (Å²) in [6, 6.07) is 16.4. The van der Waals surface area contributed by atoms with Crippen LogP contribution >= 0.6 is 11.8 Å². The van der Waals surface area contributed by atoms with Crippen molar-refractivity contribution in [2.75, 3.05) is 18.4 Å². The first kappa shape index (κ1) is 19.9. The zero-order valence-electron chi connectivity index (χ0n) is 15.3. The number of benzene rings is 2. The third kappa shape index (κ3) is 5.12. The Morgan fingerprint density at radius 2 is 1.70 bits per heavy atom. The fourth-order valence-electron chi connectivity index (χ4n) is 2.90. The van der Waals surface area contributed by atoms with Gasteiger partial charge in [0, 0.05) is 24.5 Å². The normalized spacial score (nSPS) is 16.2. The first-order valence-corrected chi connectivity index (χ1v) is 11.5. The first-order chi connectivity index (χ1) is 13.0. The molecule has 1 atom stereocenters. The molecule has 144 valence electrons. The van der Waals surface area contributed by atoms with Crippen LogP contribution in [0.3, 0.4) is 0 Å². The van der Waals surface area contributed by atoms with E-state index in [1.165, 1.54) is 9.87 Å². The molecule has 1 aliphatic rings. The van der Waals surface area contributed by atoms with Gasteiger partial charge in [-0.2, -0.15) is 4.31 Å². The lowest BCUT2D eigenvalue weighted by molar-refractivity contribution is -0.115. The molecule has 2 aromatic rings. The van der Waals surface area contributed by atoms with Gasteiger partial charge in [0.2, 0.25) is 15.9 Å². The van der Waals surface area contributed by atoms with Crippen LogP contribution in [0.25, 0.3) is 0 Å². The van der Waals surface area contributed by atoms with Crippen LogP contribution < -0.4 is 5.32 Å². The van der Waals surface area contributed by atoms with E-state index in [-0.39, 0.29) is 16.1 Å². The lowest BCUT2D eigenvalue weighted by Gasteiger charge is -2.16. The minimum atomic E-state index is -3.42. The Kier molecular flexibility index (Phi) is 6.57. The predicted molar refractivity (Wildman–Crippen MR) is 110 cm³/mol. The number of sulfonamides is 1. The molecule has 0 spiro atoms. The maximum Gasteiger partial charge on any atom is 0.243 e. The highest BCUT2D eigenvalue weighted by molar-refractivity contribution is 7.99. The summed E-state index contributed by atoms with van der Waals surface area (Å²) in [5, 5.41) is 2.65. The quantitative estimate of drug-likeness (QED) is 0.764. The third-order valence-electron chi connectivity index (χ3n) is 4.54. The topological polar surface area (TPSA) is 66.5 Å². The summed E-state index contributed by atoms with van der Waals surface area (Å²) in [6.07, 6.45) is 1.82. The summed E-state index contributed by atoms with van der Waals surface area (Å²) >= 11 is 1.57. The summed E-state index contributed by atoms with van der Waals surface area (Å²) in [5.74, 6) is 0.675. The minimum absolute atomic E-state index is 0.0916. The number of hydrogen-bond acceptors (Lipinski definition) is 4. The van der Waals surface area contributed by atoms with E-state index >= 15 is 0 Å². The van der Waals surface area contributed by atoms with Gasteiger partial charge in [0.05, 0.1) is 10.1 Å². The van der Waals surface area contributed by atoms with Crippen LogP contribution in [0.2, 0.25) is 0 Å². The van der Waals surface area contributed by atoms with Crippen LogP contribution in [-0.2, 0) is 20.6 Å². The van der Waals surface area contributed by atoms with Crippen molar-refractivity contribution in [3.8, 4) is 0 Å². The molecule has 1 heterocycles. The summed E-state index contributed by atoms with van der Waals surface area (Å²) in [4.78, 5) is 12.6. The Balaban J connectivity index is 1.56. The van der Waals surface area contributed by atoms with E-state index in [0.717, 1.165) is 18.6 Å². The van der Waals surface area contributed by atoms with Crippen LogP contribution in [-0.4, -0.2) is 37.0 Å². The van der Waals surface area contributed by atoms with E-state index in [1.54, 1.807) is 36.0 Å². The highest BCUT2D eigenvalue weighted by Crippen LogP contribution is 2.23. The zero-order chi connectivity index (χ0) is 19.3. The molecule has 0 aromatic heterocycles. The van der Waals surface area contributed by atoms with Gasteiger partial charge in [-0.1, -0.05) is 30.3 Å². The van der Waals surface area contributed by atoms with Crippen LogP contribution in [0.4, 0.5) is 5.69 Å². The monoisotopic (exact) mass is 404 g/mol. The molecule has 1 fully saturated rings. The molecule has 1 amide bonds. The van der Waals surface area contributed by atoms with E-state index in [9.17, 15) is 13.2 Å². The van der Waals surface area contributed by atoms with E-state index in [1.807, 2.05) is 37.3 Å². The van der Waals surface area contributed by atoms with Crippen molar-refractivity contribution in [1.82, 2.24) is 4.31 Å². The second-order valence-corrected chi connectivity index (χ2v) is 9.83. The Morgan fingerprint density at radius 3 is 2.33 bits per heavy atom. The Labute approximate surface area is 165 Å². The summed E-state index contributed by atoms with van der Waals surface area (Å²) in [7, 11) is -3.42. The average Bonchev–Trinajstić information content (AvgIpc) is 3.23. The van der Waals surface area contributed by atoms with Gasteiger partial charge in [0.15, 0.2) is 0 Å². The van der Waals surface area contributed by atoms with Crippen molar-refractivity contribution >= 4 is 33.4 Å². The van der Waals surface area contributed by atoms with Gasteiger partial charge >= 0.3 is 0 Å². The van der Waals surface area contributed by atoms with Crippen molar-refractivity contribution in [2.24, 2.45) is 0 Å². The number of thioether (sulfide) groups is 1. The molecule has 1 N–H and O–H groups in total. The van der Waals surface area contributed by atoms with Gasteiger partial charge in [-0.05, 0) is 49.6 Å². The smallest absolute Gasteiger partial charge is 0.243 e. The molecule has 27 heavy (non-hydrogen) atoms. The number of anilines is 1. The van der Waals surface area contributed by atoms with Gasteiger partial charge in [-0.25, -0.2) is 8.42 Å². The van der Waals surface area contributed by atoms with Gasteiger partial charge in [0.1, 0.15) is 0 Å². The van der Waals surface area contributed by atoms with Gasteiger partial charge in [0.25, 0.3) is 0 Å². The fraction of sp³-hybridized carbons (Fsp3) is 0.350. The Bertz CT molecular complexity index is 862. The number of rotatable bonds is 7. The summed E-state index contributed by atoms with van der Waals surface area (Å²) in [5.41, 5.74) is 1.78. The van der Waals surface area contributed by atoms with Crippen molar-refractivity contribution < 1.29 is 13.2 Å². The maximum absolute atomic E-state index is 12.5. The highest BCUT2D eigenvalue weighted by atomic mass is 32.2. The Hall–Kier alpha value is -1.83. The largest absolute Gasteiger partial charge is 0.325 e. The first-order valence-electron chi connectivity index (χ1n) is 9.03. The number of nitrogens with one attached hydrogen (secondary N) is 1. The van der Waals surface area contributed by atoms with Crippen molar-refractivity contribution in [3.05, 3.63) is 60.2 Å². The van der Waals surface area contributed by atoms with E-state index < -0.39 is 10.0 Å².